The highest BCUT2D eigenvalue weighted by Gasteiger charge is 2.35. The first-order valence-corrected chi connectivity index (χ1v) is 10.5. The Bertz CT molecular complexity index is 675. The molecule has 1 aromatic carbocycles. The fourth-order valence-electron chi connectivity index (χ4n) is 4.22. The molecule has 4 rings (SSSR count). The van der Waals surface area contributed by atoms with Crippen LogP contribution >= 0.6 is 0 Å². The quantitative estimate of drug-likeness (QED) is 0.815. The maximum Gasteiger partial charge on any atom is 0.254 e. The molecule has 3 aliphatic rings. The van der Waals surface area contributed by atoms with E-state index in [9.17, 15) is 9.59 Å². The topological polar surface area (TPSA) is 49.9 Å². The molecule has 1 saturated carbocycles. The standard InChI is InChI=1S/C22H30N2O3/c1-16-4-2-3-13-24(16)22(26)18-7-9-19(10-8-18)27-20-11-14-23(15-12-20)21(25)17-5-6-17/h7-10,16-17,20H,2-6,11-15H2,1H3/t16-/m1/s1. The molecule has 1 aliphatic carbocycles. The molecule has 1 aromatic rings. The van der Waals surface area contributed by atoms with Crippen molar-refractivity contribution in [3.8, 4) is 5.75 Å². The Morgan fingerprint density at radius 1 is 0.926 bits per heavy atom. The molecule has 2 amide bonds. The van der Waals surface area contributed by atoms with Crippen LogP contribution in [0.2, 0.25) is 0 Å². The Morgan fingerprint density at radius 2 is 1.63 bits per heavy atom. The van der Waals surface area contributed by atoms with Crippen LogP contribution in [0, 0.1) is 5.92 Å². The van der Waals surface area contributed by atoms with Gasteiger partial charge in [-0.15, -0.1) is 0 Å². The largest absolute Gasteiger partial charge is 0.490 e. The first-order valence-electron chi connectivity index (χ1n) is 10.5. The van der Waals surface area contributed by atoms with Crippen molar-refractivity contribution in [2.75, 3.05) is 19.6 Å². The minimum absolute atomic E-state index is 0.126. The van der Waals surface area contributed by atoms with Crippen LogP contribution in [0.25, 0.3) is 0 Å². The number of carbonyl (C=O) groups excluding carboxylic acids is 2. The van der Waals surface area contributed by atoms with Crippen molar-refractivity contribution in [3.05, 3.63) is 29.8 Å². The molecule has 2 heterocycles. The Labute approximate surface area is 161 Å². The molecule has 146 valence electrons. The molecule has 2 saturated heterocycles. The van der Waals surface area contributed by atoms with Crippen LogP contribution in [-0.2, 0) is 4.79 Å². The molecule has 0 bridgehead atoms. The van der Waals surface area contributed by atoms with Gasteiger partial charge in [0.2, 0.25) is 5.91 Å². The second-order valence-corrected chi connectivity index (χ2v) is 8.28. The minimum atomic E-state index is 0.126. The highest BCUT2D eigenvalue weighted by Crippen LogP contribution is 2.32. The highest BCUT2D eigenvalue weighted by molar-refractivity contribution is 5.94. The summed E-state index contributed by atoms with van der Waals surface area (Å²) in [6.45, 7) is 4.58. The average Bonchev–Trinajstić information content (AvgIpc) is 3.54. The SMILES string of the molecule is C[C@@H]1CCCCN1C(=O)c1ccc(OC2CCN(C(=O)C3CC3)CC2)cc1. The number of likely N-dealkylation sites (tertiary alicyclic amines) is 2. The number of ether oxygens (including phenoxy) is 1. The van der Waals surface area contributed by atoms with Crippen LogP contribution < -0.4 is 4.74 Å². The van der Waals surface area contributed by atoms with Crippen molar-refractivity contribution >= 4 is 11.8 Å². The van der Waals surface area contributed by atoms with Crippen molar-refractivity contribution in [1.29, 1.82) is 0 Å². The lowest BCUT2D eigenvalue weighted by Crippen LogP contribution is -2.42. The average molecular weight is 370 g/mol. The monoisotopic (exact) mass is 370 g/mol. The number of hydrogen-bond donors (Lipinski definition) is 0. The number of nitrogens with zero attached hydrogens (tertiary/aromatic N) is 2. The fourth-order valence-corrected chi connectivity index (χ4v) is 4.22. The minimum Gasteiger partial charge on any atom is -0.490 e. The van der Waals surface area contributed by atoms with E-state index in [1.54, 1.807) is 0 Å². The summed E-state index contributed by atoms with van der Waals surface area (Å²) >= 11 is 0. The van der Waals surface area contributed by atoms with Crippen molar-refractivity contribution in [3.63, 3.8) is 0 Å². The van der Waals surface area contributed by atoms with Gasteiger partial charge in [-0.2, -0.15) is 0 Å². The van der Waals surface area contributed by atoms with Crippen LogP contribution in [0.1, 0.15) is 62.2 Å². The van der Waals surface area contributed by atoms with Gasteiger partial charge in [0.25, 0.3) is 5.91 Å². The van der Waals surface area contributed by atoms with Crippen molar-refractivity contribution in [1.82, 2.24) is 9.80 Å². The Kier molecular flexibility index (Phi) is 5.37. The van der Waals surface area contributed by atoms with Gasteiger partial charge in [0.1, 0.15) is 11.9 Å². The van der Waals surface area contributed by atoms with Gasteiger partial charge < -0.3 is 14.5 Å². The lowest BCUT2D eigenvalue weighted by atomic mass is 10.0. The Hall–Kier alpha value is -2.04. The van der Waals surface area contributed by atoms with Gasteiger partial charge in [0, 0.05) is 50.0 Å². The molecule has 5 nitrogen and oxygen atoms in total. The lowest BCUT2D eigenvalue weighted by molar-refractivity contribution is -0.134. The van der Waals surface area contributed by atoms with E-state index >= 15 is 0 Å². The van der Waals surface area contributed by atoms with E-state index < -0.39 is 0 Å². The maximum absolute atomic E-state index is 12.7. The van der Waals surface area contributed by atoms with E-state index in [2.05, 4.69) is 6.92 Å². The summed E-state index contributed by atoms with van der Waals surface area (Å²) in [5, 5.41) is 0. The lowest BCUT2D eigenvalue weighted by Gasteiger charge is -2.33. The summed E-state index contributed by atoms with van der Waals surface area (Å²) in [5.41, 5.74) is 0.737. The van der Waals surface area contributed by atoms with E-state index in [4.69, 9.17) is 4.74 Å². The first kappa shape index (κ1) is 18.3. The van der Waals surface area contributed by atoms with Gasteiger partial charge in [-0.3, -0.25) is 9.59 Å². The van der Waals surface area contributed by atoms with Gasteiger partial charge in [0.05, 0.1) is 0 Å². The summed E-state index contributed by atoms with van der Waals surface area (Å²) in [4.78, 5) is 28.8. The number of carbonyl (C=O) groups is 2. The molecule has 5 heteroatoms. The molecular formula is C22H30N2O3. The van der Waals surface area contributed by atoms with Crippen LogP contribution in [0.15, 0.2) is 24.3 Å². The molecule has 1 atom stereocenters. The highest BCUT2D eigenvalue weighted by atomic mass is 16.5. The molecule has 0 unspecified atom stereocenters. The van der Waals surface area contributed by atoms with Crippen LogP contribution in [0.3, 0.4) is 0 Å². The molecule has 0 N–H and O–H groups in total. The summed E-state index contributed by atoms with van der Waals surface area (Å²) in [6, 6.07) is 7.90. The molecule has 2 aliphatic heterocycles. The van der Waals surface area contributed by atoms with Crippen molar-refractivity contribution < 1.29 is 14.3 Å². The van der Waals surface area contributed by atoms with E-state index in [1.165, 1.54) is 6.42 Å². The van der Waals surface area contributed by atoms with Crippen LogP contribution in [0.5, 0.6) is 5.75 Å². The van der Waals surface area contributed by atoms with E-state index in [0.717, 1.165) is 69.5 Å². The number of piperidine rings is 2. The van der Waals surface area contributed by atoms with Crippen molar-refractivity contribution in [2.24, 2.45) is 5.92 Å². The predicted molar refractivity (Wildman–Crippen MR) is 104 cm³/mol. The van der Waals surface area contributed by atoms with Crippen LogP contribution in [0.4, 0.5) is 0 Å². The second kappa shape index (κ2) is 7.91. The third-order valence-electron chi connectivity index (χ3n) is 6.15. The number of amides is 2. The Morgan fingerprint density at radius 3 is 2.26 bits per heavy atom. The predicted octanol–water partition coefficient (Wildman–Crippen LogP) is 3.48. The fraction of sp³-hybridized carbons (Fsp3) is 0.636. The summed E-state index contributed by atoms with van der Waals surface area (Å²) < 4.78 is 6.10. The summed E-state index contributed by atoms with van der Waals surface area (Å²) in [6.07, 6.45) is 7.44. The number of rotatable bonds is 4. The van der Waals surface area contributed by atoms with Gasteiger partial charge in [-0.05, 0) is 63.3 Å². The molecule has 27 heavy (non-hydrogen) atoms. The molecule has 0 aromatic heterocycles. The molecule has 0 spiro atoms. The normalized spacial score (nSPS) is 24.0. The Balaban J connectivity index is 1.29. The number of benzene rings is 1. The zero-order valence-corrected chi connectivity index (χ0v) is 16.2. The van der Waals surface area contributed by atoms with Gasteiger partial charge in [-0.25, -0.2) is 0 Å². The molecular weight excluding hydrogens is 340 g/mol. The molecule has 0 radical (unpaired) electrons. The van der Waals surface area contributed by atoms with E-state index in [-0.39, 0.29) is 12.0 Å². The second-order valence-electron chi connectivity index (χ2n) is 8.28. The first-order chi connectivity index (χ1) is 13.1. The van der Waals surface area contributed by atoms with Crippen LogP contribution in [-0.4, -0.2) is 53.4 Å². The van der Waals surface area contributed by atoms with Gasteiger partial charge in [-0.1, -0.05) is 0 Å². The van der Waals surface area contributed by atoms with E-state index in [1.807, 2.05) is 34.1 Å². The summed E-state index contributed by atoms with van der Waals surface area (Å²) in [7, 11) is 0. The summed E-state index contributed by atoms with van der Waals surface area (Å²) in [5.74, 6) is 1.57. The van der Waals surface area contributed by atoms with Gasteiger partial charge >= 0.3 is 0 Å². The smallest absolute Gasteiger partial charge is 0.254 e. The van der Waals surface area contributed by atoms with Gasteiger partial charge in [0.15, 0.2) is 0 Å². The zero-order valence-electron chi connectivity index (χ0n) is 16.2. The molecule has 3 fully saturated rings. The van der Waals surface area contributed by atoms with E-state index in [0.29, 0.717) is 17.9 Å². The third kappa shape index (κ3) is 4.28. The number of hydrogen-bond acceptors (Lipinski definition) is 3. The maximum atomic E-state index is 12.7. The van der Waals surface area contributed by atoms with Crippen molar-refractivity contribution in [2.45, 2.75) is 64.0 Å². The third-order valence-corrected chi connectivity index (χ3v) is 6.15. The zero-order chi connectivity index (χ0) is 18.8.